The van der Waals surface area contributed by atoms with Gasteiger partial charge in [-0.2, -0.15) is 15.0 Å². The third-order valence-electron chi connectivity index (χ3n) is 4.42. The Balaban J connectivity index is 1.78. The van der Waals surface area contributed by atoms with Gasteiger partial charge in [0.1, 0.15) is 0 Å². The molecule has 6 heteroatoms. The zero-order chi connectivity index (χ0) is 14.7. The van der Waals surface area contributed by atoms with Crippen LogP contribution in [0.15, 0.2) is 0 Å². The summed E-state index contributed by atoms with van der Waals surface area (Å²) in [6.07, 6.45) is 5.13. The van der Waals surface area contributed by atoms with Gasteiger partial charge < -0.3 is 15.0 Å². The fraction of sp³-hybridized carbons (Fsp3) is 0.800. The van der Waals surface area contributed by atoms with E-state index < -0.39 is 0 Å². The third-order valence-corrected chi connectivity index (χ3v) is 4.42. The van der Waals surface area contributed by atoms with Crippen molar-refractivity contribution in [1.82, 2.24) is 15.0 Å². The Bertz CT molecular complexity index is 469. The average molecular weight is 291 g/mol. The summed E-state index contributed by atoms with van der Waals surface area (Å²) in [5.74, 6) is 3.04. The van der Waals surface area contributed by atoms with Crippen LogP contribution in [-0.4, -0.2) is 41.2 Å². The van der Waals surface area contributed by atoms with E-state index in [9.17, 15) is 0 Å². The topological polar surface area (TPSA) is 63.2 Å². The molecule has 2 heterocycles. The van der Waals surface area contributed by atoms with Crippen LogP contribution < -0.4 is 15.0 Å². The van der Waals surface area contributed by atoms with Crippen LogP contribution in [0.5, 0.6) is 6.01 Å². The predicted molar refractivity (Wildman–Crippen MR) is 82.8 cm³/mol. The highest BCUT2D eigenvalue weighted by atomic mass is 16.5. The van der Waals surface area contributed by atoms with Crippen molar-refractivity contribution in [2.75, 3.05) is 36.5 Å². The quantitative estimate of drug-likeness (QED) is 0.868. The van der Waals surface area contributed by atoms with Crippen molar-refractivity contribution >= 4 is 11.9 Å². The maximum atomic E-state index is 5.49. The first-order valence-corrected chi connectivity index (χ1v) is 8.17. The van der Waals surface area contributed by atoms with Crippen LogP contribution >= 0.6 is 0 Å². The minimum atomic E-state index is 0.429. The lowest BCUT2D eigenvalue weighted by atomic mass is 10.0. The van der Waals surface area contributed by atoms with Gasteiger partial charge in [-0.25, -0.2) is 0 Å². The van der Waals surface area contributed by atoms with E-state index in [1.54, 1.807) is 0 Å². The SMILES string of the molecule is CCCNc1nc(OCC)nc(N2CC3CCCC3C2)n1. The van der Waals surface area contributed by atoms with Crippen molar-refractivity contribution in [3.8, 4) is 6.01 Å². The molecule has 1 saturated carbocycles. The highest BCUT2D eigenvalue weighted by Gasteiger charge is 2.37. The lowest BCUT2D eigenvalue weighted by molar-refractivity contribution is 0.312. The minimum Gasteiger partial charge on any atom is -0.464 e. The first kappa shape index (κ1) is 14.4. The molecule has 0 amide bonds. The molecular weight excluding hydrogens is 266 g/mol. The second-order valence-corrected chi connectivity index (χ2v) is 5.96. The van der Waals surface area contributed by atoms with Crippen LogP contribution in [0.25, 0.3) is 0 Å². The van der Waals surface area contributed by atoms with Gasteiger partial charge in [-0.15, -0.1) is 0 Å². The number of rotatable bonds is 6. The number of nitrogens with zero attached hydrogens (tertiary/aromatic N) is 4. The van der Waals surface area contributed by atoms with E-state index in [0.717, 1.165) is 43.8 Å². The Morgan fingerprint density at radius 3 is 2.57 bits per heavy atom. The molecule has 6 nitrogen and oxygen atoms in total. The van der Waals surface area contributed by atoms with E-state index in [0.29, 0.717) is 18.6 Å². The van der Waals surface area contributed by atoms with Crippen LogP contribution in [0.3, 0.4) is 0 Å². The van der Waals surface area contributed by atoms with Crippen molar-refractivity contribution in [1.29, 1.82) is 0 Å². The zero-order valence-corrected chi connectivity index (χ0v) is 13.0. The first-order valence-electron chi connectivity index (χ1n) is 8.17. The molecule has 1 aromatic heterocycles. The van der Waals surface area contributed by atoms with Crippen molar-refractivity contribution in [3.63, 3.8) is 0 Å². The smallest absolute Gasteiger partial charge is 0.323 e. The minimum absolute atomic E-state index is 0.429. The third kappa shape index (κ3) is 3.19. The number of aromatic nitrogens is 3. The number of anilines is 2. The highest BCUT2D eigenvalue weighted by Crippen LogP contribution is 2.38. The summed E-state index contributed by atoms with van der Waals surface area (Å²) >= 11 is 0. The van der Waals surface area contributed by atoms with Crippen LogP contribution in [0, 0.1) is 11.8 Å². The zero-order valence-electron chi connectivity index (χ0n) is 13.0. The summed E-state index contributed by atoms with van der Waals surface area (Å²) in [4.78, 5) is 15.7. The molecule has 0 aromatic carbocycles. The number of nitrogens with one attached hydrogen (secondary N) is 1. The normalized spacial score (nSPS) is 24.2. The molecule has 2 aliphatic rings. The molecule has 1 N–H and O–H groups in total. The summed E-state index contributed by atoms with van der Waals surface area (Å²) in [7, 11) is 0. The summed E-state index contributed by atoms with van der Waals surface area (Å²) in [5, 5.41) is 3.24. The lowest BCUT2D eigenvalue weighted by Gasteiger charge is -2.18. The number of hydrogen-bond acceptors (Lipinski definition) is 6. The standard InChI is InChI=1S/C15H25N5O/c1-3-8-16-13-17-14(19-15(18-13)21-4-2)20-9-11-6-5-7-12(11)10-20/h11-12H,3-10H2,1-2H3,(H,16,17,18,19). The molecule has 1 aromatic rings. The number of fused-ring (bicyclic) bond motifs is 1. The Hall–Kier alpha value is -1.59. The molecule has 2 unspecified atom stereocenters. The molecular formula is C15H25N5O. The van der Waals surface area contributed by atoms with Crippen molar-refractivity contribution in [3.05, 3.63) is 0 Å². The van der Waals surface area contributed by atoms with E-state index in [-0.39, 0.29) is 0 Å². The largest absolute Gasteiger partial charge is 0.464 e. The second kappa shape index (κ2) is 6.45. The van der Waals surface area contributed by atoms with E-state index in [1.807, 2.05) is 6.92 Å². The molecule has 0 radical (unpaired) electrons. The Morgan fingerprint density at radius 1 is 1.14 bits per heavy atom. The Morgan fingerprint density at radius 2 is 1.90 bits per heavy atom. The van der Waals surface area contributed by atoms with E-state index in [2.05, 4.69) is 32.1 Å². The van der Waals surface area contributed by atoms with E-state index in [1.165, 1.54) is 19.3 Å². The van der Waals surface area contributed by atoms with Crippen molar-refractivity contribution in [2.45, 2.75) is 39.5 Å². The van der Waals surface area contributed by atoms with Gasteiger partial charge >= 0.3 is 6.01 Å². The molecule has 2 atom stereocenters. The molecule has 3 rings (SSSR count). The van der Waals surface area contributed by atoms with Gasteiger partial charge in [0.15, 0.2) is 0 Å². The first-order chi connectivity index (χ1) is 10.3. The highest BCUT2D eigenvalue weighted by molar-refractivity contribution is 5.40. The van der Waals surface area contributed by atoms with Crippen molar-refractivity contribution in [2.24, 2.45) is 11.8 Å². The fourth-order valence-electron chi connectivity index (χ4n) is 3.40. The van der Waals surface area contributed by atoms with Crippen LogP contribution in [-0.2, 0) is 0 Å². The van der Waals surface area contributed by atoms with Gasteiger partial charge in [-0.1, -0.05) is 13.3 Å². The average Bonchev–Trinajstić information content (AvgIpc) is 3.06. The van der Waals surface area contributed by atoms with Gasteiger partial charge in [0, 0.05) is 19.6 Å². The van der Waals surface area contributed by atoms with Crippen LogP contribution in [0.4, 0.5) is 11.9 Å². The Labute approximate surface area is 126 Å². The summed E-state index contributed by atoms with van der Waals surface area (Å²) in [6.45, 7) is 7.66. The number of ether oxygens (including phenoxy) is 1. The Kier molecular flexibility index (Phi) is 4.41. The molecule has 2 fully saturated rings. The fourth-order valence-corrected chi connectivity index (χ4v) is 3.40. The monoisotopic (exact) mass is 291 g/mol. The van der Waals surface area contributed by atoms with E-state index in [4.69, 9.17) is 4.74 Å². The maximum absolute atomic E-state index is 5.49. The van der Waals surface area contributed by atoms with Gasteiger partial charge in [-0.3, -0.25) is 0 Å². The van der Waals surface area contributed by atoms with Gasteiger partial charge in [-0.05, 0) is 38.0 Å². The molecule has 116 valence electrons. The summed E-state index contributed by atoms with van der Waals surface area (Å²) in [5.41, 5.74) is 0. The summed E-state index contributed by atoms with van der Waals surface area (Å²) < 4.78 is 5.49. The molecule has 21 heavy (non-hydrogen) atoms. The molecule has 0 bridgehead atoms. The molecule has 1 aliphatic carbocycles. The van der Waals surface area contributed by atoms with Gasteiger partial charge in [0.25, 0.3) is 0 Å². The van der Waals surface area contributed by atoms with E-state index >= 15 is 0 Å². The van der Waals surface area contributed by atoms with Crippen LogP contribution in [0.1, 0.15) is 39.5 Å². The van der Waals surface area contributed by atoms with Crippen molar-refractivity contribution < 1.29 is 4.74 Å². The van der Waals surface area contributed by atoms with Gasteiger partial charge in [0.05, 0.1) is 6.61 Å². The summed E-state index contributed by atoms with van der Waals surface area (Å²) in [6, 6.07) is 0.429. The lowest BCUT2D eigenvalue weighted by Crippen LogP contribution is -2.24. The molecule has 1 aliphatic heterocycles. The maximum Gasteiger partial charge on any atom is 0.323 e. The number of hydrogen-bond donors (Lipinski definition) is 1. The predicted octanol–water partition coefficient (Wildman–Crippen LogP) is 2.33. The van der Waals surface area contributed by atoms with Gasteiger partial charge in [0.2, 0.25) is 11.9 Å². The molecule has 1 saturated heterocycles. The molecule has 0 spiro atoms. The van der Waals surface area contributed by atoms with Crippen LogP contribution in [0.2, 0.25) is 0 Å². The second-order valence-electron chi connectivity index (χ2n) is 5.96.